The smallest absolute Gasteiger partial charge is 0.0477 e. The van der Waals surface area contributed by atoms with Crippen LogP contribution in [0.5, 0.6) is 0 Å². The highest BCUT2D eigenvalue weighted by molar-refractivity contribution is 4.72. The van der Waals surface area contributed by atoms with Gasteiger partial charge in [0.15, 0.2) is 0 Å². The molecule has 1 aliphatic heterocycles. The zero-order valence-corrected chi connectivity index (χ0v) is 12.4. The van der Waals surface area contributed by atoms with Crippen LogP contribution in [-0.2, 0) is 4.74 Å². The van der Waals surface area contributed by atoms with Gasteiger partial charge in [-0.2, -0.15) is 0 Å². The number of hydrogen-bond acceptors (Lipinski definition) is 3. The van der Waals surface area contributed by atoms with Crippen molar-refractivity contribution < 1.29 is 4.74 Å². The summed E-state index contributed by atoms with van der Waals surface area (Å²) in [6.45, 7) is 12.1. The number of nitrogens with one attached hydrogen (secondary N) is 1. The van der Waals surface area contributed by atoms with Gasteiger partial charge in [0, 0.05) is 26.3 Å². The van der Waals surface area contributed by atoms with Gasteiger partial charge in [0.05, 0.1) is 0 Å². The highest BCUT2D eigenvalue weighted by Crippen LogP contribution is 2.21. The van der Waals surface area contributed by atoms with E-state index in [1.807, 2.05) is 0 Å². The first-order valence-electron chi connectivity index (χ1n) is 7.87. The fourth-order valence-electron chi connectivity index (χ4n) is 2.71. The minimum absolute atomic E-state index is 0.840. The Bertz CT molecular complexity index is 179. The molecule has 1 saturated heterocycles. The molecule has 0 aromatic rings. The fraction of sp³-hybridized carbons (Fsp3) is 1.00. The summed E-state index contributed by atoms with van der Waals surface area (Å²) in [5.41, 5.74) is 0. The Morgan fingerprint density at radius 1 is 1.17 bits per heavy atom. The van der Waals surface area contributed by atoms with Crippen molar-refractivity contribution in [2.24, 2.45) is 5.92 Å². The minimum atomic E-state index is 0.840. The molecule has 0 aromatic carbocycles. The predicted molar refractivity (Wildman–Crippen MR) is 78.1 cm³/mol. The van der Waals surface area contributed by atoms with Crippen LogP contribution in [0.4, 0.5) is 0 Å². The summed E-state index contributed by atoms with van der Waals surface area (Å²) in [5.74, 6) is 1.01. The molecule has 0 bridgehead atoms. The maximum atomic E-state index is 5.31. The highest BCUT2D eigenvalue weighted by Gasteiger charge is 2.17. The summed E-state index contributed by atoms with van der Waals surface area (Å²) >= 11 is 0. The second-order valence-electron chi connectivity index (χ2n) is 5.37. The van der Waals surface area contributed by atoms with Crippen molar-refractivity contribution in [1.82, 2.24) is 10.2 Å². The third kappa shape index (κ3) is 7.34. The fourth-order valence-corrected chi connectivity index (χ4v) is 2.71. The first-order valence-corrected chi connectivity index (χ1v) is 7.87. The Morgan fingerprint density at radius 2 is 1.94 bits per heavy atom. The molecule has 0 aromatic heterocycles. The van der Waals surface area contributed by atoms with Crippen molar-refractivity contribution in [2.45, 2.75) is 46.0 Å². The molecule has 0 atom stereocenters. The Labute approximate surface area is 113 Å². The van der Waals surface area contributed by atoms with Gasteiger partial charge >= 0.3 is 0 Å². The van der Waals surface area contributed by atoms with Gasteiger partial charge in [0.1, 0.15) is 0 Å². The van der Waals surface area contributed by atoms with Crippen LogP contribution in [0, 0.1) is 5.92 Å². The summed E-state index contributed by atoms with van der Waals surface area (Å²) in [4.78, 5) is 2.61. The Morgan fingerprint density at radius 3 is 2.61 bits per heavy atom. The Balaban J connectivity index is 1.88. The van der Waals surface area contributed by atoms with E-state index >= 15 is 0 Å². The molecule has 0 aliphatic carbocycles. The van der Waals surface area contributed by atoms with Crippen LogP contribution >= 0.6 is 0 Å². The summed E-state index contributed by atoms with van der Waals surface area (Å²) in [5, 5.41) is 3.51. The standard InChI is InChI=1S/C15H32N2O/c1-3-6-15-7-11-17(12-8-15)13-10-16-9-5-14-18-4-2/h15-16H,3-14H2,1-2H3. The van der Waals surface area contributed by atoms with Gasteiger partial charge in [-0.3, -0.25) is 0 Å². The molecule has 1 N–H and O–H groups in total. The first kappa shape index (κ1) is 15.9. The molecular formula is C15H32N2O. The van der Waals surface area contributed by atoms with Gasteiger partial charge in [-0.15, -0.1) is 0 Å². The van der Waals surface area contributed by atoms with Gasteiger partial charge in [-0.25, -0.2) is 0 Å². The first-order chi connectivity index (χ1) is 8.86. The van der Waals surface area contributed by atoms with Crippen molar-refractivity contribution >= 4 is 0 Å². The molecular weight excluding hydrogens is 224 g/mol. The van der Waals surface area contributed by atoms with Crippen LogP contribution in [0.15, 0.2) is 0 Å². The van der Waals surface area contributed by atoms with Crippen LogP contribution in [0.2, 0.25) is 0 Å². The molecule has 0 unspecified atom stereocenters. The Kier molecular flexibility index (Phi) is 9.54. The summed E-state index contributed by atoms with van der Waals surface area (Å²) in [6, 6.07) is 0. The van der Waals surface area contributed by atoms with Crippen LogP contribution in [0.1, 0.15) is 46.0 Å². The average Bonchev–Trinajstić information content (AvgIpc) is 2.40. The van der Waals surface area contributed by atoms with E-state index in [0.717, 1.165) is 38.6 Å². The van der Waals surface area contributed by atoms with E-state index < -0.39 is 0 Å². The molecule has 108 valence electrons. The van der Waals surface area contributed by atoms with Gasteiger partial charge in [-0.05, 0) is 51.7 Å². The van der Waals surface area contributed by atoms with E-state index in [-0.39, 0.29) is 0 Å². The van der Waals surface area contributed by atoms with Crippen LogP contribution in [0.25, 0.3) is 0 Å². The molecule has 1 rings (SSSR count). The monoisotopic (exact) mass is 256 g/mol. The summed E-state index contributed by atoms with van der Waals surface area (Å²) in [7, 11) is 0. The zero-order valence-electron chi connectivity index (χ0n) is 12.4. The van der Waals surface area contributed by atoms with Crippen molar-refractivity contribution in [2.75, 3.05) is 45.9 Å². The van der Waals surface area contributed by atoms with Crippen LogP contribution < -0.4 is 5.32 Å². The molecule has 1 aliphatic rings. The lowest BCUT2D eigenvalue weighted by Crippen LogP contribution is -2.38. The summed E-state index contributed by atoms with van der Waals surface area (Å²) in [6.07, 6.45) is 6.75. The second-order valence-corrected chi connectivity index (χ2v) is 5.37. The highest BCUT2D eigenvalue weighted by atomic mass is 16.5. The van der Waals surface area contributed by atoms with E-state index in [2.05, 4.69) is 24.1 Å². The van der Waals surface area contributed by atoms with Crippen molar-refractivity contribution in [3.8, 4) is 0 Å². The molecule has 0 amide bonds. The van der Waals surface area contributed by atoms with Gasteiger partial charge in [0.25, 0.3) is 0 Å². The number of nitrogens with zero attached hydrogens (tertiary/aromatic N) is 1. The van der Waals surface area contributed by atoms with Gasteiger partial charge in [0.2, 0.25) is 0 Å². The molecule has 0 spiro atoms. The molecule has 1 fully saturated rings. The topological polar surface area (TPSA) is 24.5 Å². The quantitative estimate of drug-likeness (QED) is 0.608. The zero-order chi connectivity index (χ0) is 13.1. The van der Waals surface area contributed by atoms with Gasteiger partial charge < -0.3 is 15.0 Å². The SMILES string of the molecule is CCCC1CCN(CCNCCCOCC)CC1. The van der Waals surface area contributed by atoms with E-state index in [0.29, 0.717) is 0 Å². The number of ether oxygens (including phenoxy) is 1. The average molecular weight is 256 g/mol. The van der Waals surface area contributed by atoms with Crippen LogP contribution in [0.3, 0.4) is 0 Å². The maximum Gasteiger partial charge on any atom is 0.0477 e. The molecule has 3 heteroatoms. The van der Waals surface area contributed by atoms with E-state index in [4.69, 9.17) is 4.74 Å². The van der Waals surface area contributed by atoms with Gasteiger partial charge in [-0.1, -0.05) is 19.8 Å². The molecule has 1 heterocycles. The third-order valence-electron chi connectivity index (χ3n) is 3.86. The minimum Gasteiger partial charge on any atom is -0.382 e. The largest absolute Gasteiger partial charge is 0.382 e. The van der Waals surface area contributed by atoms with Crippen LogP contribution in [-0.4, -0.2) is 50.8 Å². The van der Waals surface area contributed by atoms with E-state index in [1.54, 1.807) is 0 Å². The summed E-state index contributed by atoms with van der Waals surface area (Å²) < 4.78 is 5.31. The third-order valence-corrected chi connectivity index (χ3v) is 3.86. The van der Waals surface area contributed by atoms with Crippen molar-refractivity contribution in [3.05, 3.63) is 0 Å². The lowest BCUT2D eigenvalue weighted by Gasteiger charge is -2.31. The molecule has 18 heavy (non-hydrogen) atoms. The lowest BCUT2D eigenvalue weighted by molar-refractivity contribution is 0.143. The number of hydrogen-bond donors (Lipinski definition) is 1. The number of likely N-dealkylation sites (tertiary alicyclic amines) is 1. The Hall–Kier alpha value is -0.120. The lowest BCUT2D eigenvalue weighted by atomic mass is 9.92. The van der Waals surface area contributed by atoms with Crippen molar-refractivity contribution in [3.63, 3.8) is 0 Å². The maximum absolute atomic E-state index is 5.31. The normalized spacial score (nSPS) is 18.3. The molecule has 3 nitrogen and oxygen atoms in total. The molecule has 0 saturated carbocycles. The molecule has 0 radical (unpaired) electrons. The van der Waals surface area contributed by atoms with E-state index in [9.17, 15) is 0 Å². The number of piperidine rings is 1. The predicted octanol–water partition coefficient (Wildman–Crippen LogP) is 2.51. The second kappa shape index (κ2) is 10.8. The van der Waals surface area contributed by atoms with Crippen molar-refractivity contribution in [1.29, 1.82) is 0 Å². The van der Waals surface area contributed by atoms with E-state index in [1.165, 1.54) is 45.3 Å². The number of rotatable bonds is 10.